The standard InChI is InChI=1S/C18H18N2O3/c1-23-16-10-6-5-9-15(16)20-12-11-14(18(20)22)17(21)19-13-7-3-2-4-8-13/h2-10,14H,11-12H2,1H3,(H,19,21). The van der Waals surface area contributed by atoms with E-state index in [4.69, 9.17) is 4.74 Å². The molecule has 1 atom stereocenters. The van der Waals surface area contributed by atoms with E-state index >= 15 is 0 Å². The summed E-state index contributed by atoms with van der Waals surface area (Å²) in [4.78, 5) is 26.6. The first-order valence-corrected chi connectivity index (χ1v) is 7.51. The van der Waals surface area contributed by atoms with Crippen molar-refractivity contribution in [2.24, 2.45) is 5.92 Å². The number of rotatable bonds is 4. The van der Waals surface area contributed by atoms with Crippen LogP contribution in [0.3, 0.4) is 0 Å². The van der Waals surface area contributed by atoms with Crippen molar-refractivity contribution in [1.82, 2.24) is 0 Å². The van der Waals surface area contributed by atoms with E-state index in [9.17, 15) is 9.59 Å². The third kappa shape index (κ3) is 3.04. The molecule has 118 valence electrons. The number of hydrogen-bond acceptors (Lipinski definition) is 3. The normalized spacial score (nSPS) is 17.2. The minimum atomic E-state index is -0.667. The molecule has 1 heterocycles. The molecule has 5 heteroatoms. The van der Waals surface area contributed by atoms with Gasteiger partial charge in [-0.15, -0.1) is 0 Å². The first-order valence-electron chi connectivity index (χ1n) is 7.51. The average molecular weight is 310 g/mol. The highest BCUT2D eigenvalue weighted by molar-refractivity contribution is 6.13. The molecule has 2 amide bonds. The van der Waals surface area contributed by atoms with E-state index in [0.29, 0.717) is 30.1 Å². The highest BCUT2D eigenvalue weighted by Crippen LogP contribution is 2.33. The van der Waals surface area contributed by atoms with E-state index in [0.717, 1.165) is 0 Å². The van der Waals surface area contributed by atoms with Crippen LogP contribution in [0.5, 0.6) is 5.75 Å². The number of para-hydroxylation sites is 3. The second kappa shape index (κ2) is 6.52. The SMILES string of the molecule is COc1ccccc1N1CCC(C(=O)Nc2ccccc2)C1=O. The van der Waals surface area contributed by atoms with Crippen LogP contribution in [0.4, 0.5) is 11.4 Å². The lowest BCUT2D eigenvalue weighted by Gasteiger charge is -2.19. The molecule has 1 saturated heterocycles. The van der Waals surface area contributed by atoms with Crippen LogP contribution in [-0.2, 0) is 9.59 Å². The van der Waals surface area contributed by atoms with Gasteiger partial charge in [0.2, 0.25) is 11.8 Å². The van der Waals surface area contributed by atoms with E-state index in [1.807, 2.05) is 36.4 Å². The molecule has 0 bridgehead atoms. The van der Waals surface area contributed by atoms with Gasteiger partial charge in [0.05, 0.1) is 12.8 Å². The molecule has 5 nitrogen and oxygen atoms in total. The van der Waals surface area contributed by atoms with Crippen LogP contribution >= 0.6 is 0 Å². The molecular formula is C18H18N2O3. The maximum Gasteiger partial charge on any atom is 0.239 e. The molecule has 23 heavy (non-hydrogen) atoms. The zero-order chi connectivity index (χ0) is 16.2. The van der Waals surface area contributed by atoms with Gasteiger partial charge < -0.3 is 15.0 Å². The zero-order valence-corrected chi connectivity index (χ0v) is 12.9. The molecule has 0 aromatic heterocycles. The van der Waals surface area contributed by atoms with Crippen LogP contribution in [0.1, 0.15) is 6.42 Å². The monoisotopic (exact) mass is 310 g/mol. The van der Waals surface area contributed by atoms with Gasteiger partial charge in [0, 0.05) is 12.2 Å². The number of benzene rings is 2. The predicted octanol–water partition coefficient (Wildman–Crippen LogP) is 2.69. The molecular weight excluding hydrogens is 292 g/mol. The number of hydrogen-bond donors (Lipinski definition) is 1. The number of carbonyl (C=O) groups excluding carboxylic acids is 2. The smallest absolute Gasteiger partial charge is 0.239 e. The topological polar surface area (TPSA) is 58.6 Å². The molecule has 0 radical (unpaired) electrons. The Hall–Kier alpha value is -2.82. The minimum absolute atomic E-state index is 0.192. The molecule has 0 saturated carbocycles. The summed E-state index contributed by atoms with van der Waals surface area (Å²) in [5.41, 5.74) is 1.40. The van der Waals surface area contributed by atoms with Gasteiger partial charge in [-0.2, -0.15) is 0 Å². The highest BCUT2D eigenvalue weighted by Gasteiger charge is 2.38. The maximum absolute atomic E-state index is 12.6. The summed E-state index contributed by atoms with van der Waals surface area (Å²) in [6.07, 6.45) is 0.496. The van der Waals surface area contributed by atoms with Gasteiger partial charge in [-0.1, -0.05) is 30.3 Å². The Morgan fingerprint density at radius 3 is 2.57 bits per heavy atom. The fourth-order valence-corrected chi connectivity index (χ4v) is 2.77. The summed E-state index contributed by atoms with van der Waals surface area (Å²) in [7, 11) is 1.57. The number of nitrogens with one attached hydrogen (secondary N) is 1. The lowest BCUT2D eigenvalue weighted by molar-refractivity contribution is -0.129. The van der Waals surface area contributed by atoms with Crippen molar-refractivity contribution in [2.75, 3.05) is 23.9 Å². The van der Waals surface area contributed by atoms with Gasteiger partial charge in [0.1, 0.15) is 11.7 Å². The molecule has 1 aliphatic rings. The number of methoxy groups -OCH3 is 1. The summed E-state index contributed by atoms with van der Waals surface area (Å²) in [5, 5.41) is 2.80. The predicted molar refractivity (Wildman–Crippen MR) is 88.5 cm³/mol. The Kier molecular flexibility index (Phi) is 4.28. The van der Waals surface area contributed by atoms with Crippen LogP contribution in [-0.4, -0.2) is 25.5 Å². The molecule has 0 spiro atoms. The van der Waals surface area contributed by atoms with Crippen molar-refractivity contribution in [3.8, 4) is 5.75 Å². The van der Waals surface area contributed by atoms with Crippen LogP contribution in [0, 0.1) is 5.92 Å². The Morgan fingerprint density at radius 2 is 1.83 bits per heavy atom. The van der Waals surface area contributed by atoms with Gasteiger partial charge in [-0.05, 0) is 30.7 Å². The number of ether oxygens (including phenoxy) is 1. The van der Waals surface area contributed by atoms with Crippen LogP contribution < -0.4 is 15.0 Å². The van der Waals surface area contributed by atoms with E-state index in [1.54, 1.807) is 30.2 Å². The van der Waals surface area contributed by atoms with Crippen molar-refractivity contribution in [2.45, 2.75) is 6.42 Å². The van der Waals surface area contributed by atoms with E-state index in [2.05, 4.69) is 5.32 Å². The zero-order valence-electron chi connectivity index (χ0n) is 12.9. The highest BCUT2D eigenvalue weighted by atomic mass is 16.5. The number of carbonyl (C=O) groups is 2. The van der Waals surface area contributed by atoms with Crippen molar-refractivity contribution >= 4 is 23.2 Å². The lowest BCUT2D eigenvalue weighted by atomic mass is 10.1. The second-order valence-corrected chi connectivity index (χ2v) is 5.36. The van der Waals surface area contributed by atoms with Gasteiger partial charge in [-0.3, -0.25) is 9.59 Å². The maximum atomic E-state index is 12.6. The Labute approximate surface area is 134 Å². The number of anilines is 2. The Morgan fingerprint density at radius 1 is 1.13 bits per heavy atom. The summed E-state index contributed by atoms with van der Waals surface area (Å²) < 4.78 is 5.30. The van der Waals surface area contributed by atoms with Crippen molar-refractivity contribution < 1.29 is 14.3 Å². The summed E-state index contributed by atoms with van der Waals surface area (Å²) >= 11 is 0. The molecule has 1 N–H and O–H groups in total. The van der Waals surface area contributed by atoms with Crippen molar-refractivity contribution in [3.05, 3.63) is 54.6 Å². The summed E-state index contributed by atoms with van der Waals surface area (Å²) in [5.74, 6) is -0.494. The van der Waals surface area contributed by atoms with Crippen LogP contribution in [0.2, 0.25) is 0 Å². The van der Waals surface area contributed by atoms with Crippen molar-refractivity contribution in [3.63, 3.8) is 0 Å². The van der Waals surface area contributed by atoms with Crippen LogP contribution in [0.15, 0.2) is 54.6 Å². The quantitative estimate of drug-likeness (QED) is 0.883. The molecule has 1 fully saturated rings. The number of amides is 2. The third-order valence-corrected chi connectivity index (χ3v) is 3.94. The lowest BCUT2D eigenvalue weighted by Crippen LogP contribution is -2.33. The Balaban J connectivity index is 1.75. The summed E-state index contributed by atoms with van der Waals surface area (Å²) in [6.45, 7) is 0.506. The first-order chi connectivity index (χ1) is 11.2. The van der Waals surface area contributed by atoms with E-state index in [-0.39, 0.29) is 11.8 Å². The van der Waals surface area contributed by atoms with Gasteiger partial charge in [-0.25, -0.2) is 0 Å². The Bertz CT molecular complexity index is 715. The van der Waals surface area contributed by atoms with E-state index < -0.39 is 5.92 Å². The van der Waals surface area contributed by atoms with Crippen LogP contribution in [0.25, 0.3) is 0 Å². The third-order valence-electron chi connectivity index (χ3n) is 3.94. The minimum Gasteiger partial charge on any atom is -0.495 e. The molecule has 0 aliphatic carbocycles. The number of nitrogens with zero attached hydrogens (tertiary/aromatic N) is 1. The molecule has 1 unspecified atom stereocenters. The first kappa shape index (κ1) is 15.1. The fraction of sp³-hybridized carbons (Fsp3) is 0.222. The van der Waals surface area contributed by atoms with Gasteiger partial charge in [0.15, 0.2) is 0 Å². The molecule has 1 aliphatic heterocycles. The molecule has 2 aromatic carbocycles. The van der Waals surface area contributed by atoms with Crippen molar-refractivity contribution in [1.29, 1.82) is 0 Å². The molecule has 2 aromatic rings. The fourth-order valence-electron chi connectivity index (χ4n) is 2.77. The van der Waals surface area contributed by atoms with Gasteiger partial charge >= 0.3 is 0 Å². The summed E-state index contributed by atoms with van der Waals surface area (Å²) in [6, 6.07) is 16.5. The largest absolute Gasteiger partial charge is 0.495 e. The second-order valence-electron chi connectivity index (χ2n) is 5.36. The molecule has 3 rings (SSSR count). The van der Waals surface area contributed by atoms with Gasteiger partial charge in [0.25, 0.3) is 0 Å². The van der Waals surface area contributed by atoms with E-state index in [1.165, 1.54) is 0 Å². The average Bonchev–Trinajstić information content (AvgIpc) is 2.97.